The fraction of sp³-hybridized carbons (Fsp3) is 0.333. The average Bonchev–Trinajstić information content (AvgIpc) is 3.48. The van der Waals surface area contributed by atoms with Gasteiger partial charge in [-0.25, -0.2) is 0 Å². The lowest BCUT2D eigenvalue weighted by atomic mass is 9.94. The van der Waals surface area contributed by atoms with Gasteiger partial charge in [0.1, 0.15) is 11.5 Å². The summed E-state index contributed by atoms with van der Waals surface area (Å²) in [6.07, 6.45) is 0.734. The Balaban J connectivity index is 1.29. The molecule has 0 radical (unpaired) electrons. The van der Waals surface area contributed by atoms with Crippen molar-refractivity contribution in [2.75, 3.05) is 39.6 Å². The quantitative estimate of drug-likeness (QED) is 0.229. The number of ether oxygens (including phenoxy) is 2. The Morgan fingerprint density at radius 1 is 0.930 bits per heavy atom. The molecule has 1 saturated heterocycles. The first-order valence-corrected chi connectivity index (χ1v) is 15.4. The minimum atomic E-state index is -0.176. The largest absolute Gasteiger partial charge is 0.497 e. The fourth-order valence-electron chi connectivity index (χ4n) is 5.44. The normalized spacial score (nSPS) is 15.7. The third-order valence-electron chi connectivity index (χ3n) is 7.79. The monoisotopic (exact) mass is 599 g/mol. The van der Waals surface area contributed by atoms with Crippen molar-refractivity contribution < 1.29 is 19.1 Å². The van der Waals surface area contributed by atoms with E-state index in [1.54, 1.807) is 14.2 Å². The van der Waals surface area contributed by atoms with E-state index in [1.807, 2.05) is 107 Å². The molecule has 0 aliphatic carbocycles. The minimum absolute atomic E-state index is 0.00580. The van der Waals surface area contributed by atoms with E-state index in [4.69, 9.17) is 9.47 Å². The predicted molar refractivity (Wildman–Crippen MR) is 168 cm³/mol. The van der Waals surface area contributed by atoms with Crippen molar-refractivity contribution in [1.82, 2.24) is 24.6 Å². The molecule has 2 atom stereocenters. The van der Waals surface area contributed by atoms with Gasteiger partial charge in [0, 0.05) is 36.9 Å². The number of carbonyl (C=O) groups is 2. The molecule has 0 N–H and O–H groups in total. The Morgan fingerprint density at radius 3 is 2.35 bits per heavy atom. The maximum Gasteiger partial charge on any atom is 0.233 e. The zero-order chi connectivity index (χ0) is 30.3. The molecule has 0 bridgehead atoms. The summed E-state index contributed by atoms with van der Waals surface area (Å²) in [5.74, 6) is 2.26. The summed E-state index contributed by atoms with van der Waals surface area (Å²) in [6.45, 7) is 5.57. The third-order valence-corrected chi connectivity index (χ3v) is 8.70. The highest BCUT2D eigenvalue weighted by molar-refractivity contribution is 7.99. The van der Waals surface area contributed by atoms with Crippen molar-refractivity contribution in [2.45, 2.75) is 37.4 Å². The minimum Gasteiger partial charge on any atom is -0.497 e. The molecule has 4 aromatic rings. The molecule has 1 aliphatic heterocycles. The number of hydrogen-bond acceptors (Lipinski definition) is 7. The molecule has 224 valence electrons. The summed E-state index contributed by atoms with van der Waals surface area (Å²) >= 11 is 1.35. The number of benzene rings is 3. The molecule has 2 amide bonds. The molecule has 2 unspecified atom stereocenters. The lowest BCUT2D eigenvalue weighted by molar-refractivity contribution is -0.142. The molecule has 43 heavy (non-hydrogen) atoms. The number of hydrogen-bond donors (Lipinski definition) is 0. The highest BCUT2D eigenvalue weighted by Gasteiger charge is 2.33. The Kier molecular flexibility index (Phi) is 9.66. The van der Waals surface area contributed by atoms with E-state index in [-0.39, 0.29) is 29.5 Å². The maximum absolute atomic E-state index is 13.5. The first kappa shape index (κ1) is 30.2. The predicted octanol–water partition coefficient (Wildman–Crippen LogP) is 5.30. The van der Waals surface area contributed by atoms with E-state index in [9.17, 15) is 9.59 Å². The van der Waals surface area contributed by atoms with E-state index in [2.05, 4.69) is 10.2 Å². The first-order valence-electron chi connectivity index (χ1n) is 14.4. The van der Waals surface area contributed by atoms with E-state index < -0.39 is 0 Å². The third kappa shape index (κ3) is 6.69. The number of aromatic nitrogens is 3. The summed E-state index contributed by atoms with van der Waals surface area (Å²) in [5.41, 5.74) is 2.73. The number of carbonyl (C=O) groups excluding carboxylic acids is 2. The smallest absolute Gasteiger partial charge is 0.233 e. The number of thioether (sulfide) groups is 1. The van der Waals surface area contributed by atoms with Crippen LogP contribution in [0.15, 0.2) is 84.0 Å². The Labute approximate surface area is 256 Å². The summed E-state index contributed by atoms with van der Waals surface area (Å²) in [5, 5.41) is 9.57. The van der Waals surface area contributed by atoms with E-state index >= 15 is 0 Å². The van der Waals surface area contributed by atoms with Gasteiger partial charge in [-0.15, -0.1) is 10.2 Å². The van der Waals surface area contributed by atoms with Crippen LogP contribution in [0.3, 0.4) is 0 Å². The number of rotatable bonds is 10. The highest BCUT2D eigenvalue weighted by Crippen LogP contribution is 2.31. The van der Waals surface area contributed by atoms with Crippen LogP contribution < -0.4 is 9.47 Å². The SMILES string of the molecule is CCC(C(=O)N1CCN(C(=O)CSc2nnc(-c3cccc(OC)c3)n2-c2ccc(OC)cc2)CC1C)c1ccccc1. The molecular formula is C33H37N5O4S. The average molecular weight is 600 g/mol. The topological polar surface area (TPSA) is 89.8 Å². The molecule has 0 saturated carbocycles. The van der Waals surface area contributed by atoms with Gasteiger partial charge in [-0.1, -0.05) is 61.2 Å². The number of methoxy groups -OCH3 is 2. The molecule has 0 spiro atoms. The van der Waals surface area contributed by atoms with Crippen molar-refractivity contribution in [3.8, 4) is 28.6 Å². The van der Waals surface area contributed by atoms with Crippen LogP contribution in [0.1, 0.15) is 31.7 Å². The van der Waals surface area contributed by atoms with Gasteiger partial charge < -0.3 is 19.3 Å². The van der Waals surface area contributed by atoms with Crippen LogP contribution in [-0.4, -0.2) is 82.0 Å². The number of piperazine rings is 1. The van der Waals surface area contributed by atoms with Crippen molar-refractivity contribution in [1.29, 1.82) is 0 Å². The van der Waals surface area contributed by atoms with Crippen molar-refractivity contribution >= 4 is 23.6 Å². The van der Waals surface area contributed by atoms with Gasteiger partial charge in [-0.2, -0.15) is 0 Å². The molecule has 10 heteroatoms. The summed E-state index contributed by atoms with van der Waals surface area (Å²) in [4.78, 5) is 30.7. The van der Waals surface area contributed by atoms with Crippen LogP contribution in [-0.2, 0) is 9.59 Å². The molecule has 2 heterocycles. The lowest BCUT2D eigenvalue weighted by Crippen LogP contribution is -2.56. The standard InChI is InChI=1S/C33H37N5O4S/c1-5-29(24-10-7-6-8-11-24)32(40)37-19-18-36(21-23(37)2)30(39)22-43-33-35-34-31(25-12-9-13-28(20-25)42-4)38(33)26-14-16-27(41-3)17-15-26/h6-17,20,23,29H,5,18-19,21-22H2,1-4H3. The van der Waals surface area contributed by atoms with Crippen LogP contribution in [0.2, 0.25) is 0 Å². The Hall–Kier alpha value is -4.31. The van der Waals surface area contributed by atoms with E-state index in [0.29, 0.717) is 36.4 Å². The van der Waals surface area contributed by atoms with Gasteiger partial charge in [0.25, 0.3) is 0 Å². The van der Waals surface area contributed by atoms with E-state index in [0.717, 1.165) is 29.0 Å². The van der Waals surface area contributed by atoms with Crippen molar-refractivity contribution in [3.63, 3.8) is 0 Å². The van der Waals surface area contributed by atoms with E-state index in [1.165, 1.54) is 11.8 Å². The Bertz CT molecular complexity index is 1540. The van der Waals surface area contributed by atoms with Crippen molar-refractivity contribution in [2.24, 2.45) is 0 Å². The van der Waals surface area contributed by atoms with Gasteiger partial charge >= 0.3 is 0 Å². The molecule has 1 aliphatic rings. The Morgan fingerprint density at radius 2 is 1.67 bits per heavy atom. The molecule has 9 nitrogen and oxygen atoms in total. The highest BCUT2D eigenvalue weighted by atomic mass is 32.2. The maximum atomic E-state index is 13.5. The molecule has 1 aromatic heterocycles. The second-order valence-corrected chi connectivity index (χ2v) is 11.4. The fourth-order valence-corrected chi connectivity index (χ4v) is 6.30. The van der Waals surface area contributed by atoms with Gasteiger partial charge in [0.05, 0.1) is 25.9 Å². The second kappa shape index (κ2) is 13.8. The van der Waals surface area contributed by atoms with Gasteiger partial charge in [-0.05, 0) is 55.3 Å². The van der Waals surface area contributed by atoms with Gasteiger partial charge in [-0.3, -0.25) is 14.2 Å². The van der Waals surface area contributed by atoms with Gasteiger partial charge in [0.2, 0.25) is 11.8 Å². The molecular weight excluding hydrogens is 562 g/mol. The van der Waals surface area contributed by atoms with Crippen LogP contribution >= 0.6 is 11.8 Å². The number of amides is 2. The van der Waals surface area contributed by atoms with Crippen LogP contribution in [0.5, 0.6) is 11.5 Å². The molecule has 1 fully saturated rings. The van der Waals surface area contributed by atoms with Gasteiger partial charge in [0.15, 0.2) is 11.0 Å². The van der Waals surface area contributed by atoms with Crippen LogP contribution in [0.25, 0.3) is 17.1 Å². The van der Waals surface area contributed by atoms with Crippen LogP contribution in [0, 0.1) is 0 Å². The number of nitrogens with zero attached hydrogens (tertiary/aromatic N) is 5. The van der Waals surface area contributed by atoms with Crippen LogP contribution in [0.4, 0.5) is 0 Å². The second-order valence-electron chi connectivity index (χ2n) is 10.5. The molecule has 5 rings (SSSR count). The zero-order valence-electron chi connectivity index (χ0n) is 25.0. The molecule has 3 aromatic carbocycles. The van der Waals surface area contributed by atoms with Crippen molar-refractivity contribution in [3.05, 3.63) is 84.4 Å². The lowest BCUT2D eigenvalue weighted by Gasteiger charge is -2.41. The summed E-state index contributed by atoms with van der Waals surface area (Å²) in [6, 6.07) is 25.1. The zero-order valence-corrected chi connectivity index (χ0v) is 25.8. The summed E-state index contributed by atoms with van der Waals surface area (Å²) in [7, 11) is 3.26. The first-order chi connectivity index (χ1) is 20.9. The summed E-state index contributed by atoms with van der Waals surface area (Å²) < 4.78 is 12.7.